The van der Waals surface area contributed by atoms with E-state index in [9.17, 15) is 0 Å². The number of hydrogen-bond acceptors (Lipinski definition) is 1. The molecule has 1 saturated carbocycles. The first-order valence-electron chi connectivity index (χ1n) is 9.29. The Hall–Kier alpha value is -0.820. The van der Waals surface area contributed by atoms with E-state index >= 15 is 0 Å². The SMILES string of the molecule is COCCCC1CC=CC[C@]1(C)C1=C(C2CCC2)C=CCC1. The lowest BCUT2D eigenvalue weighted by Gasteiger charge is -2.45. The molecule has 1 heteroatoms. The van der Waals surface area contributed by atoms with Crippen LogP contribution in [0.5, 0.6) is 0 Å². The van der Waals surface area contributed by atoms with Crippen LogP contribution in [0.15, 0.2) is 35.5 Å². The molecule has 0 aliphatic heterocycles. The van der Waals surface area contributed by atoms with E-state index in [1.54, 1.807) is 5.57 Å². The topological polar surface area (TPSA) is 9.23 Å². The van der Waals surface area contributed by atoms with Gasteiger partial charge in [-0.05, 0) is 74.2 Å². The van der Waals surface area contributed by atoms with Crippen LogP contribution < -0.4 is 0 Å². The third-order valence-corrected chi connectivity index (χ3v) is 6.37. The zero-order valence-corrected chi connectivity index (χ0v) is 14.4. The highest BCUT2D eigenvalue weighted by molar-refractivity contribution is 5.38. The molecule has 0 N–H and O–H groups in total. The molecule has 22 heavy (non-hydrogen) atoms. The van der Waals surface area contributed by atoms with Crippen molar-refractivity contribution in [2.75, 3.05) is 13.7 Å². The molecule has 0 aromatic heterocycles. The Kier molecular flexibility index (Phi) is 5.23. The molecule has 0 aromatic rings. The number of allylic oxidation sites excluding steroid dienone is 6. The van der Waals surface area contributed by atoms with E-state index in [-0.39, 0.29) is 0 Å². The molecule has 0 spiro atoms. The van der Waals surface area contributed by atoms with E-state index in [0.717, 1.165) is 18.4 Å². The summed E-state index contributed by atoms with van der Waals surface area (Å²) in [6.07, 6.45) is 21.6. The summed E-state index contributed by atoms with van der Waals surface area (Å²) >= 11 is 0. The zero-order valence-electron chi connectivity index (χ0n) is 14.4. The second-order valence-corrected chi connectivity index (χ2v) is 7.66. The Morgan fingerprint density at radius 3 is 2.82 bits per heavy atom. The van der Waals surface area contributed by atoms with E-state index in [0.29, 0.717) is 5.41 Å². The van der Waals surface area contributed by atoms with Crippen LogP contribution in [0, 0.1) is 17.3 Å². The van der Waals surface area contributed by atoms with Gasteiger partial charge in [-0.1, -0.05) is 43.2 Å². The zero-order chi connectivity index (χ0) is 15.4. The lowest BCUT2D eigenvalue weighted by molar-refractivity contribution is 0.156. The summed E-state index contributed by atoms with van der Waals surface area (Å²) in [7, 11) is 1.82. The van der Waals surface area contributed by atoms with E-state index < -0.39 is 0 Å². The van der Waals surface area contributed by atoms with E-state index in [2.05, 4.69) is 31.2 Å². The minimum atomic E-state index is 0.387. The van der Waals surface area contributed by atoms with Gasteiger partial charge < -0.3 is 4.74 Å². The normalized spacial score (nSPS) is 32.4. The summed E-state index contributed by atoms with van der Waals surface area (Å²) in [6.45, 7) is 3.46. The third kappa shape index (κ3) is 3.11. The summed E-state index contributed by atoms with van der Waals surface area (Å²) in [5.74, 6) is 1.66. The van der Waals surface area contributed by atoms with Crippen molar-refractivity contribution in [3.05, 3.63) is 35.5 Å². The Morgan fingerprint density at radius 2 is 2.09 bits per heavy atom. The highest BCUT2D eigenvalue weighted by Gasteiger charge is 2.40. The van der Waals surface area contributed by atoms with E-state index in [1.165, 1.54) is 57.8 Å². The van der Waals surface area contributed by atoms with Gasteiger partial charge in [0.1, 0.15) is 0 Å². The van der Waals surface area contributed by atoms with E-state index in [4.69, 9.17) is 4.74 Å². The summed E-state index contributed by atoms with van der Waals surface area (Å²) in [5, 5.41) is 0. The summed E-state index contributed by atoms with van der Waals surface area (Å²) in [5.41, 5.74) is 3.93. The maximum absolute atomic E-state index is 5.29. The van der Waals surface area contributed by atoms with Gasteiger partial charge in [-0.25, -0.2) is 0 Å². The molecule has 0 aromatic carbocycles. The van der Waals surface area contributed by atoms with Gasteiger partial charge in [0.15, 0.2) is 0 Å². The van der Waals surface area contributed by atoms with Crippen molar-refractivity contribution < 1.29 is 4.74 Å². The van der Waals surface area contributed by atoms with Crippen LogP contribution in [0.1, 0.15) is 64.7 Å². The number of rotatable bonds is 6. The van der Waals surface area contributed by atoms with Gasteiger partial charge in [-0.15, -0.1) is 0 Å². The van der Waals surface area contributed by atoms with Crippen LogP contribution in [0.2, 0.25) is 0 Å². The fraction of sp³-hybridized carbons (Fsp3) is 0.714. The minimum absolute atomic E-state index is 0.387. The molecule has 3 aliphatic carbocycles. The standard InChI is InChI=1S/C21H32O/c1-21(15-6-5-11-18(21)12-8-16-22-2)20-14-4-3-13-19(20)17-9-7-10-17/h3,5-6,13,17-18H,4,7-12,14-16H2,1-2H3/t18?,21-/m0/s1. The van der Waals surface area contributed by atoms with Gasteiger partial charge in [0, 0.05) is 13.7 Å². The van der Waals surface area contributed by atoms with Gasteiger partial charge in [0.05, 0.1) is 0 Å². The second kappa shape index (κ2) is 7.17. The number of hydrogen-bond donors (Lipinski definition) is 0. The largest absolute Gasteiger partial charge is 0.385 e. The molecule has 3 rings (SSSR count). The van der Waals surface area contributed by atoms with Gasteiger partial charge >= 0.3 is 0 Å². The quantitative estimate of drug-likeness (QED) is 0.443. The summed E-state index contributed by atoms with van der Waals surface area (Å²) < 4.78 is 5.29. The van der Waals surface area contributed by atoms with Crippen LogP contribution in [0.3, 0.4) is 0 Å². The molecule has 1 nitrogen and oxygen atoms in total. The van der Waals surface area contributed by atoms with Crippen LogP contribution in [-0.2, 0) is 4.74 Å². The molecule has 122 valence electrons. The summed E-state index contributed by atoms with van der Waals surface area (Å²) in [4.78, 5) is 0. The van der Waals surface area contributed by atoms with Crippen LogP contribution >= 0.6 is 0 Å². The molecule has 1 unspecified atom stereocenters. The molecular weight excluding hydrogens is 268 g/mol. The maximum Gasteiger partial charge on any atom is 0.0462 e. The Labute approximate surface area is 136 Å². The molecule has 0 heterocycles. The van der Waals surface area contributed by atoms with Gasteiger partial charge in [0.2, 0.25) is 0 Å². The molecule has 2 atom stereocenters. The van der Waals surface area contributed by atoms with Gasteiger partial charge in [-0.2, -0.15) is 0 Å². The molecule has 0 bridgehead atoms. The molecule has 0 saturated heterocycles. The van der Waals surface area contributed by atoms with Gasteiger partial charge in [0.25, 0.3) is 0 Å². The average Bonchev–Trinajstić information content (AvgIpc) is 2.48. The highest BCUT2D eigenvalue weighted by Crippen LogP contribution is 2.52. The molecule has 1 fully saturated rings. The Balaban J connectivity index is 1.85. The molecule has 0 radical (unpaired) electrons. The summed E-state index contributed by atoms with van der Waals surface area (Å²) in [6, 6.07) is 0. The van der Waals surface area contributed by atoms with Gasteiger partial charge in [-0.3, -0.25) is 0 Å². The van der Waals surface area contributed by atoms with Crippen molar-refractivity contribution in [1.29, 1.82) is 0 Å². The Morgan fingerprint density at radius 1 is 1.23 bits per heavy atom. The van der Waals surface area contributed by atoms with Crippen molar-refractivity contribution in [3.63, 3.8) is 0 Å². The number of methoxy groups -OCH3 is 1. The lowest BCUT2D eigenvalue weighted by atomic mass is 9.59. The molecular formula is C21H32O. The Bertz CT molecular complexity index is 466. The van der Waals surface area contributed by atoms with Crippen molar-refractivity contribution in [2.45, 2.75) is 64.7 Å². The van der Waals surface area contributed by atoms with Crippen molar-refractivity contribution in [3.8, 4) is 0 Å². The van der Waals surface area contributed by atoms with Crippen LogP contribution in [0.25, 0.3) is 0 Å². The maximum atomic E-state index is 5.29. The smallest absolute Gasteiger partial charge is 0.0462 e. The first kappa shape index (κ1) is 16.1. The fourth-order valence-corrected chi connectivity index (χ4v) is 4.70. The second-order valence-electron chi connectivity index (χ2n) is 7.66. The average molecular weight is 300 g/mol. The van der Waals surface area contributed by atoms with Crippen molar-refractivity contribution in [2.24, 2.45) is 17.3 Å². The van der Waals surface area contributed by atoms with Crippen LogP contribution in [0.4, 0.5) is 0 Å². The van der Waals surface area contributed by atoms with Crippen LogP contribution in [-0.4, -0.2) is 13.7 Å². The highest BCUT2D eigenvalue weighted by atomic mass is 16.5. The monoisotopic (exact) mass is 300 g/mol. The minimum Gasteiger partial charge on any atom is -0.385 e. The fourth-order valence-electron chi connectivity index (χ4n) is 4.70. The predicted octanol–water partition coefficient (Wildman–Crippen LogP) is 5.83. The van der Waals surface area contributed by atoms with Crippen molar-refractivity contribution in [1.82, 2.24) is 0 Å². The molecule has 3 aliphatic rings. The van der Waals surface area contributed by atoms with E-state index in [1.807, 2.05) is 12.7 Å². The van der Waals surface area contributed by atoms with Crippen molar-refractivity contribution >= 4 is 0 Å². The first-order chi connectivity index (χ1) is 10.8. The molecule has 0 amide bonds. The first-order valence-corrected chi connectivity index (χ1v) is 9.29. The lowest BCUT2D eigenvalue weighted by Crippen LogP contribution is -2.34. The third-order valence-electron chi connectivity index (χ3n) is 6.37. The predicted molar refractivity (Wildman–Crippen MR) is 93.8 cm³/mol. The number of ether oxygens (including phenoxy) is 1.